The minimum absolute atomic E-state index is 0.0364. The number of para-hydroxylation sites is 3. The molecule has 0 aliphatic carbocycles. The summed E-state index contributed by atoms with van der Waals surface area (Å²) in [5.74, 6) is 0.906. The number of fused-ring (bicyclic) bond motifs is 2. The van der Waals surface area contributed by atoms with Gasteiger partial charge < -0.3 is 19.0 Å². The average molecular weight is 428 g/mol. The van der Waals surface area contributed by atoms with Gasteiger partial charge in [0.2, 0.25) is 5.91 Å². The number of ether oxygens (including phenoxy) is 1. The number of aromatic nitrogens is 2. The lowest BCUT2D eigenvalue weighted by atomic mass is 10.2. The van der Waals surface area contributed by atoms with Crippen LogP contribution in [0.3, 0.4) is 0 Å². The number of likely N-dealkylation sites (tertiary alicyclic amines) is 1. The van der Waals surface area contributed by atoms with Crippen LogP contribution in [0.1, 0.15) is 19.3 Å². The number of rotatable bonds is 4. The number of benzene rings is 2. The number of amides is 1. The van der Waals surface area contributed by atoms with Crippen LogP contribution in [0.25, 0.3) is 22.0 Å². The Kier molecular flexibility index (Phi) is 4.67. The molecule has 2 aromatic carbocycles. The van der Waals surface area contributed by atoms with E-state index >= 15 is 0 Å². The number of carbonyl (C=O) groups is 1. The Labute approximate surface area is 185 Å². The smallest absolute Gasteiger partial charge is 0.299 e. The third-order valence-corrected chi connectivity index (χ3v) is 6.41. The molecule has 32 heavy (non-hydrogen) atoms. The van der Waals surface area contributed by atoms with Crippen LogP contribution in [0.5, 0.6) is 5.75 Å². The van der Waals surface area contributed by atoms with Crippen molar-refractivity contribution >= 4 is 33.9 Å². The molecule has 2 aliphatic rings. The van der Waals surface area contributed by atoms with Crippen molar-refractivity contribution in [3.8, 4) is 5.75 Å². The molecule has 2 aromatic heterocycles. The normalized spacial score (nSPS) is 21.0. The van der Waals surface area contributed by atoms with Gasteiger partial charge in [-0.25, -0.2) is 0 Å². The van der Waals surface area contributed by atoms with Gasteiger partial charge in [-0.15, -0.1) is 0 Å². The average Bonchev–Trinajstić information content (AvgIpc) is 3.57. The number of nitrogens with zero attached hydrogens (tertiary/aromatic N) is 4. The standard InChI is InChI=1S/C25H24N4O3/c30-24(20-9-5-14-29(20)25-27-19-8-1-2-10-21(19)32-25)28-15-12-18(16-28)31-22-11-3-6-17-7-4-13-26-23(17)22/h1-4,6-8,10-11,13,18,20H,5,9,12,14-16H2. The van der Waals surface area contributed by atoms with Crippen LogP contribution < -0.4 is 9.64 Å². The molecule has 0 bridgehead atoms. The number of carbonyl (C=O) groups excluding carboxylic acids is 1. The maximum Gasteiger partial charge on any atom is 0.299 e. The third-order valence-electron chi connectivity index (χ3n) is 6.41. The zero-order valence-corrected chi connectivity index (χ0v) is 17.7. The highest BCUT2D eigenvalue weighted by Gasteiger charge is 2.39. The summed E-state index contributed by atoms with van der Waals surface area (Å²) in [5, 5.41) is 1.05. The van der Waals surface area contributed by atoms with Crippen LogP contribution in [0, 0.1) is 0 Å². The van der Waals surface area contributed by atoms with Crippen molar-refractivity contribution in [3.05, 3.63) is 60.8 Å². The molecular formula is C25H24N4O3. The molecule has 6 rings (SSSR count). The fourth-order valence-corrected chi connectivity index (χ4v) is 4.82. The number of anilines is 1. The molecule has 7 nitrogen and oxygen atoms in total. The van der Waals surface area contributed by atoms with E-state index in [-0.39, 0.29) is 18.1 Å². The van der Waals surface area contributed by atoms with E-state index in [9.17, 15) is 4.79 Å². The SMILES string of the molecule is O=C(C1CCCN1c1nc2ccccc2o1)N1CCC(Oc2cccc3cccnc23)C1. The molecule has 2 aliphatic heterocycles. The quantitative estimate of drug-likeness (QED) is 0.489. The maximum atomic E-state index is 13.4. The zero-order chi connectivity index (χ0) is 21.5. The predicted octanol–water partition coefficient (Wildman–Crippen LogP) is 4.02. The summed E-state index contributed by atoms with van der Waals surface area (Å²) < 4.78 is 12.2. The van der Waals surface area contributed by atoms with Gasteiger partial charge in [0, 0.05) is 31.1 Å². The van der Waals surface area contributed by atoms with Gasteiger partial charge in [-0.3, -0.25) is 9.78 Å². The number of oxazole rings is 1. The van der Waals surface area contributed by atoms with Crippen LogP contribution >= 0.6 is 0 Å². The summed E-state index contributed by atoms with van der Waals surface area (Å²) in [6.07, 6.45) is 4.31. The van der Waals surface area contributed by atoms with E-state index in [1.807, 2.05) is 64.4 Å². The lowest BCUT2D eigenvalue weighted by Crippen LogP contribution is -2.45. The number of hydrogen-bond acceptors (Lipinski definition) is 6. The lowest BCUT2D eigenvalue weighted by molar-refractivity contribution is -0.131. The topological polar surface area (TPSA) is 71.7 Å². The molecule has 4 aromatic rings. The van der Waals surface area contributed by atoms with Crippen LogP contribution in [-0.4, -0.2) is 52.6 Å². The molecular weight excluding hydrogens is 404 g/mol. The van der Waals surface area contributed by atoms with E-state index in [2.05, 4.69) is 9.97 Å². The largest absolute Gasteiger partial charge is 0.486 e. The second-order valence-electron chi connectivity index (χ2n) is 8.46. The molecule has 2 unspecified atom stereocenters. The maximum absolute atomic E-state index is 13.4. The third kappa shape index (κ3) is 3.34. The fourth-order valence-electron chi connectivity index (χ4n) is 4.82. The Morgan fingerprint density at radius 3 is 2.88 bits per heavy atom. The Morgan fingerprint density at radius 2 is 1.94 bits per heavy atom. The van der Waals surface area contributed by atoms with Crippen molar-refractivity contribution in [2.75, 3.05) is 24.5 Å². The molecule has 2 fully saturated rings. The summed E-state index contributed by atoms with van der Waals surface area (Å²) in [6, 6.07) is 17.9. The number of pyridine rings is 1. The second-order valence-corrected chi connectivity index (χ2v) is 8.46. The first kappa shape index (κ1) is 19.1. The highest BCUT2D eigenvalue weighted by molar-refractivity contribution is 5.86. The first-order valence-corrected chi connectivity index (χ1v) is 11.2. The van der Waals surface area contributed by atoms with Crippen LogP contribution in [-0.2, 0) is 4.79 Å². The predicted molar refractivity (Wildman–Crippen MR) is 122 cm³/mol. The monoisotopic (exact) mass is 428 g/mol. The van der Waals surface area contributed by atoms with Crippen LogP contribution in [0.2, 0.25) is 0 Å². The van der Waals surface area contributed by atoms with E-state index < -0.39 is 0 Å². The van der Waals surface area contributed by atoms with E-state index in [0.717, 1.165) is 53.6 Å². The van der Waals surface area contributed by atoms with Crippen LogP contribution in [0.15, 0.2) is 65.2 Å². The number of hydrogen-bond donors (Lipinski definition) is 0. The van der Waals surface area contributed by atoms with Gasteiger partial charge in [0.1, 0.15) is 28.9 Å². The second kappa shape index (κ2) is 7.82. The molecule has 2 saturated heterocycles. The van der Waals surface area contributed by atoms with Gasteiger partial charge in [0.05, 0.1) is 6.54 Å². The van der Waals surface area contributed by atoms with Crippen molar-refractivity contribution in [1.82, 2.24) is 14.9 Å². The molecule has 7 heteroatoms. The van der Waals surface area contributed by atoms with Gasteiger partial charge in [0.25, 0.3) is 6.01 Å². The first-order chi connectivity index (χ1) is 15.8. The Morgan fingerprint density at radius 1 is 1.03 bits per heavy atom. The minimum atomic E-state index is -0.235. The highest BCUT2D eigenvalue weighted by Crippen LogP contribution is 2.31. The van der Waals surface area contributed by atoms with E-state index in [4.69, 9.17) is 9.15 Å². The summed E-state index contributed by atoms with van der Waals surface area (Å²) in [7, 11) is 0. The van der Waals surface area contributed by atoms with E-state index in [1.54, 1.807) is 6.20 Å². The molecule has 1 amide bonds. The molecule has 0 saturated carbocycles. The zero-order valence-electron chi connectivity index (χ0n) is 17.7. The van der Waals surface area contributed by atoms with Gasteiger partial charge in [-0.2, -0.15) is 4.98 Å². The first-order valence-electron chi connectivity index (χ1n) is 11.2. The van der Waals surface area contributed by atoms with Crippen molar-refractivity contribution in [1.29, 1.82) is 0 Å². The van der Waals surface area contributed by atoms with Crippen molar-refractivity contribution < 1.29 is 13.9 Å². The Bertz CT molecular complexity index is 1250. The van der Waals surface area contributed by atoms with Crippen molar-refractivity contribution in [2.45, 2.75) is 31.4 Å². The molecule has 0 spiro atoms. The lowest BCUT2D eigenvalue weighted by Gasteiger charge is -2.26. The summed E-state index contributed by atoms with van der Waals surface area (Å²) >= 11 is 0. The molecule has 4 heterocycles. The van der Waals surface area contributed by atoms with E-state index in [0.29, 0.717) is 19.1 Å². The van der Waals surface area contributed by atoms with Gasteiger partial charge in [0.15, 0.2) is 5.58 Å². The molecule has 0 radical (unpaired) electrons. The molecule has 0 N–H and O–H groups in total. The van der Waals surface area contributed by atoms with Crippen LogP contribution in [0.4, 0.5) is 6.01 Å². The van der Waals surface area contributed by atoms with Gasteiger partial charge in [-0.05, 0) is 37.1 Å². The Hall–Kier alpha value is -3.61. The summed E-state index contributed by atoms with van der Waals surface area (Å²) in [5.41, 5.74) is 2.43. The highest BCUT2D eigenvalue weighted by atomic mass is 16.5. The minimum Gasteiger partial charge on any atom is -0.486 e. The summed E-state index contributed by atoms with van der Waals surface area (Å²) in [4.78, 5) is 26.4. The van der Waals surface area contributed by atoms with E-state index in [1.165, 1.54) is 0 Å². The molecule has 162 valence electrons. The van der Waals surface area contributed by atoms with Crippen molar-refractivity contribution in [3.63, 3.8) is 0 Å². The van der Waals surface area contributed by atoms with Gasteiger partial charge in [-0.1, -0.05) is 30.3 Å². The summed E-state index contributed by atoms with van der Waals surface area (Å²) in [6.45, 7) is 2.05. The van der Waals surface area contributed by atoms with Gasteiger partial charge >= 0.3 is 0 Å². The van der Waals surface area contributed by atoms with Crippen molar-refractivity contribution in [2.24, 2.45) is 0 Å². The Balaban J connectivity index is 1.16. The fraction of sp³-hybridized carbons (Fsp3) is 0.320. The molecule has 2 atom stereocenters.